The van der Waals surface area contributed by atoms with Gasteiger partial charge in [0.1, 0.15) is 11.7 Å². The second-order valence-electron chi connectivity index (χ2n) is 12.8. The lowest BCUT2D eigenvalue weighted by Gasteiger charge is -2.75. The maximum absolute atomic E-state index is 12.6. The summed E-state index contributed by atoms with van der Waals surface area (Å²) in [6, 6.07) is 4.30. The van der Waals surface area contributed by atoms with E-state index in [0.29, 0.717) is 24.6 Å². The van der Waals surface area contributed by atoms with E-state index in [0.717, 1.165) is 51.6 Å². The zero-order chi connectivity index (χ0) is 27.6. The Morgan fingerprint density at radius 2 is 2.15 bits per heavy atom. The van der Waals surface area contributed by atoms with Crippen molar-refractivity contribution in [3.05, 3.63) is 59.0 Å². The number of hydrogen-bond donors (Lipinski definition) is 2. The van der Waals surface area contributed by atoms with Gasteiger partial charge in [-0.2, -0.15) is 0 Å². The molecule has 2 aliphatic heterocycles. The van der Waals surface area contributed by atoms with E-state index in [-0.39, 0.29) is 28.6 Å². The Balaban J connectivity index is 1.47. The van der Waals surface area contributed by atoms with Gasteiger partial charge >= 0.3 is 0 Å². The molecule has 5 nitrogen and oxygen atoms in total. The zero-order valence-corrected chi connectivity index (χ0v) is 24.9. The van der Waals surface area contributed by atoms with Crippen LogP contribution < -0.4 is 4.74 Å². The van der Waals surface area contributed by atoms with Gasteiger partial charge in [-0.1, -0.05) is 36.8 Å². The summed E-state index contributed by atoms with van der Waals surface area (Å²) in [7, 11) is 1.83. The summed E-state index contributed by atoms with van der Waals surface area (Å²) in [5.41, 5.74) is 2.13. The van der Waals surface area contributed by atoms with Crippen LogP contribution in [0.25, 0.3) is 0 Å². The summed E-state index contributed by atoms with van der Waals surface area (Å²) < 4.78 is 13.6. The van der Waals surface area contributed by atoms with E-state index in [1.807, 2.05) is 19.3 Å². The topological polar surface area (TPSA) is 62.2 Å². The van der Waals surface area contributed by atoms with E-state index < -0.39 is 11.2 Å². The highest BCUT2D eigenvalue weighted by atomic mass is 32.2. The number of piperidine rings is 1. The fraction of sp³-hybridized carbons (Fsp3) is 0.636. The summed E-state index contributed by atoms with van der Waals surface area (Å²) >= 11 is 1.69. The van der Waals surface area contributed by atoms with Crippen LogP contribution in [-0.4, -0.2) is 64.9 Å². The number of fused-ring (bicyclic) bond motifs is 2. The SMILES string of the molecule is C=CCN1CCC23c4c5ccc(O)c4OC2C2(OC)CCC3(CC2C(O)(CC)CC/C(C)=C/C=C\SC)C1C5. The minimum Gasteiger partial charge on any atom is -0.504 e. The first-order chi connectivity index (χ1) is 18.8. The van der Waals surface area contributed by atoms with Gasteiger partial charge in [0.15, 0.2) is 11.5 Å². The molecule has 7 atom stereocenters. The molecule has 6 aliphatic rings. The third-order valence-corrected chi connectivity index (χ3v) is 12.1. The van der Waals surface area contributed by atoms with Crippen LogP contribution in [0.1, 0.15) is 69.9 Å². The molecule has 2 spiro atoms. The summed E-state index contributed by atoms with van der Waals surface area (Å²) in [5.74, 6) is 0.873. The molecule has 2 N–H and O–H groups in total. The van der Waals surface area contributed by atoms with Crippen LogP contribution in [0.3, 0.4) is 0 Å². The molecule has 7 unspecified atom stereocenters. The molecule has 2 heterocycles. The highest BCUT2D eigenvalue weighted by Gasteiger charge is 2.82. The highest BCUT2D eigenvalue weighted by Crippen LogP contribution is 2.77. The fourth-order valence-electron chi connectivity index (χ4n) is 9.94. The zero-order valence-electron chi connectivity index (χ0n) is 24.0. The molecule has 4 fully saturated rings. The second-order valence-corrected chi connectivity index (χ2v) is 13.5. The van der Waals surface area contributed by atoms with Gasteiger partial charge in [0.2, 0.25) is 0 Å². The third kappa shape index (κ3) is 3.50. The van der Waals surface area contributed by atoms with Crippen molar-refractivity contribution in [3.63, 3.8) is 0 Å². The first-order valence-corrected chi connectivity index (χ1v) is 16.0. The van der Waals surface area contributed by atoms with Crippen molar-refractivity contribution >= 4 is 11.8 Å². The molecule has 4 bridgehead atoms. The first kappa shape index (κ1) is 27.4. The Morgan fingerprint density at radius 3 is 2.87 bits per heavy atom. The molecule has 0 radical (unpaired) electrons. The Bertz CT molecular complexity index is 1210. The van der Waals surface area contributed by atoms with Crippen molar-refractivity contribution in [2.45, 2.75) is 94.0 Å². The van der Waals surface area contributed by atoms with Gasteiger partial charge in [0.05, 0.1) is 5.60 Å². The molecular weight excluding hydrogens is 506 g/mol. The van der Waals surface area contributed by atoms with Gasteiger partial charge in [0, 0.05) is 42.0 Å². The van der Waals surface area contributed by atoms with Gasteiger partial charge in [-0.25, -0.2) is 0 Å². The number of benzene rings is 1. The van der Waals surface area contributed by atoms with Crippen LogP contribution in [0.5, 0.6) is 11.5 Å². The fourth-order valence-corrected chi connectivity index (χ4v) is 10.2. The Morgan fingerprint density at radius 1 is 1.33 bits per heavy atom. The van der Waals surface area contributed by atoms with E-state index in [9.17, 15) is 10.2 Å². The summed E-state index contributed by atoms with van der Waals surface area (Å²) in [6.07, 6.45) is 15.2. The average Bonchev–Trinajstić information content (AvgIpc) is 3.32. The predicted molar refractivity (Wildman–Crippen MR) is 158 cm³/mol. The quantitative estimate of drug-likeness (QED) is 0.269. The van der Waals surface area contributed by atoms with Crippen LogP contribution >= 0.6 is 11.8 Å². The molecule has 1 aromatic carbocycles. The number of thioether (sulfide) groups is 1. The third-order valence-electron chi connectivity index (χ3n) is 11.6. The average molecular weight is 552 g/mol. The minimum atomic E-state index is -0.874. The maximum atomic E-state index is 12.6. The van der Waals surface area contributed by atoms with Gasteiger partial charge in [0.25, 0.3) is 0 Å². The lowest BCUT2D eigenvalue weighted by atomic mass is 9.33. The van der Waals surface area contributed by atoms with Gasteiger partial charge < -0.3 is 19.7 Å². The van der Waals surface area contributed by atoms with Crippen molar-refractivity contribution in [1.82, 2.24) is 4.90 Å². The minimum absolute atomic E-state index is 0.0367. The molecular formula is C33H45NO4S. The standard InChI is InChI=1S/C33H45NO4S/c1-6-17-34-18-16-32-27-23-10-11-24(35)28(27)38-29(32)33(37-4)15-14-30(32,26(34)20-23)21-25(33)31(36,7-2)13-12-22(3)9-8-19-39-5/h6,8-11,19,25-26,29,35-36H,1,7,12-18,20-21H2,2-5H3/b19-8-,22-9+. The Kier molecular flexibility index (Phi) is 6.81. The number of allylic oxidation sites excluding steroid dienone is 3. The Hall–Kier alpha value is -1.73. The number of phenols is 1. The molecule has 3 saturated carbocycles. The highest BCUT2D eigenvalue weighted by molar-refractivity contribution is 8.01. The first-order valence-electron chi connectivity index (χ1n) is 14.8. The number of rotatable bonds is 10. The molecule has 212 valence electrons. The molecule has 0 amide bonds. The van der Waals surface area contributed by atoms with Crippen molar-refractivity contribution in [2.24, 2.45) is 11.3 Å². The maximum Gasteiger partial charge on any atom is 0.165 e. The lowest BCUT2D eigenvalue weighted by Crippen LogP contribution is -2.82. The van der Waals surface area contributed by atoms with Crippen LogP contribution in [0, 0.1) is 11.3 Å². The number of methoxy groups -OCH3 is 1. The molecule has 0 aromatic heterocycles. The predicted octanol–water partition coefficient (Wildman–Crippen LogP) is 6.14. The Labute approximate surface area is 238 Å². The van der Waals surface area contributed by atoms with E-state index >= 15 is 0 Å². The van der Waals surface area contributed by atoms with E-state index in [2.05, 4.69) is 55.2 Å². The van der Waals surface area contributed by atoms with E-state index in [1.54, 1.807) is 11.8 Å². The number of phenolic OH excluding ortho intramolecular Hbond substituents is 1. The van der Waals surface area contributed by atoms with Crippen LogP contribution in [0.2, 0.25) is 0 Å². The summed E-state index contributed by atoms with van der Waals surface area (Å²) in [4.78, 5) is 2.64. The van der Waals surface area contributed by atoms with Gasteiger partial charge in [-0.05, 0) is 88.1 Å². The molecule has 1 saturated heterocycles. The number of ether oxygens (including phenoxy) is 2. The number of aromatic hydroxyl groups is 1. The molecule has 7 rings (SSSR count). The van der Waals surface area contributed by atoms with E-state index in [1.165, 1.54) is 16.7 Å². The molecule has 4 aliphatic carbocycles. The number of aliphatic hydroxyl groups is 1. The number of hydrogen-bond acceptors (Lipinski definition) is 6. The van der Waals surface area contributed by atoms with Crippen LogP contribution in [0.15, 0.2) is 47.9 Å². The van der Waals surface area contributed by atoms with Gasteiger partial charge in [-0.15, -0.1) is 18.3 Å². The van der Waals surface area contributed by atoms with Crippen molar-refractivity contribution in [3.8, 4) is 11.5 Å². The van der Waals surface area contributed by atoms with Crippen LogP contribution in [-0.2, 0) is 16.6 Å². The lowest BCUT2D eigenvalue weighted by molar-refractivity contribution is -0.304. The number of likely N-dealkylation sites (tertiary alicyclic amines) is 1. The van der Waals surface area contributed by atoms with Crippen molar-refractivity contribution < 1.29 is 19.7 Å². The molecule has 6 heteroatoms. The van der Waals surface area contributed by atoms with E-state index in [4.69, 9.17) is 9.47 Å². The normalized spacial score (nSPS) is 38.0. The summed E-state index contributed by atoms with van der Waals surface area (Å²) in [6.45, 7) is 10.2. The van der Waals surface area contributed by atoms with Crippen molar-refractivity contribution in [1.29, 1.82) is 0 Å². The van der Waals surface area contributed by atoms with Gasteiger partial charge in [-0.3, -0.25) is 4.90 Å². The second kappa shape index (κ2) is 9.68. The van der Waals surface area contributed by atoms with Crippen LogP contribution in [0.4, 0.5) is 0 Å². The number of nitrogens with zero attached hydrogens (tertiary/aromatic N) is 1. The molecule has 1 aromatic rings. The monoisotopic (exact) mass is 551 g/mol. The smallest absolute Gasteiger partial charge is 0.165 e. The summed E-state index contributed by atoms with van der Waals surface area (Å²) in [5, 5.41) is 25.7. The van der Waals surface area contributed by atoms with Crippen molar-refractivity contribution in [2.75, 3.05) is 26.5 Å². The molecule has 39 heavy (non-hydrogen) atoms. The largest absolute Gasteiger partial charge is 0.504 e.